The lowest BCUT2D eigenvalue weighted by Gasteiger charge is -2.16. The van der Waals surface area contributed by atoms with Gasteiger partial charge in [0, 0.05) is 6.42 Å². The Kier molecular flexibility index (Phi) is 5.66. The van der Waals surface area contributed by atoms with Gasteiger partial charge in [-0.2, -0.15) is 0 Å². The molecule has 1 N–H and O–H groups in total. The highest BCUT2D eigenvalue weighted by molar-refractivity contribution is 7.22. The molecule has 0 bridgehead atoms. The van der Waals surface area contributed by atoms with E-state index in [4.69, 9.17) is 4.74 Å². The van der Waals surface area contributed by atoms with Gasteiger partial charge in [-0.15, -0.1) is 0 Å². The van der Waals surface area contributed by atoms with Gasteiger partial charge in [0.05, 0.1) is 16.8 Å². The van der Waals surface area contributed by atoms with Crippen LogP contribution in [0.3, 0.4) is 0 Å². The maximum atomic E-state index is 12.4. The number of aromatic nitrogens is 1. The van der Waals surface area contributed by atoms with Gasteiger partial charge in [-0.1, -0.05) is 54.7 Å². The summed E-state index contributed by atoms with van der Waals surface area (Å²) in [5, 5.41) is 4.02. The Bertz CT molecular complexity index is 845. The molecule has 0 aliphatic carbocycles. The van der Waals surface area contributed by atoms with Gasteiger partial charge >= 0.3 is 5.97 Å². The number of hydrogen-bond donors (Lipinski definition) is 1. The van der Waals surface area contributed by atoms with Crippen LogP contribution in [-0.2, 0) is 22.4 Å². The molecule has 0 unspecified atom stereocenters. The number of nitrogens with one attached hydrogen (secondary N) is 1. The molecule has 1 aromatic heterocycles. The fraction of sp³-hybridized carbons (Fsp3) is 0.300. The summed E-state index contributed by atoms with van der Waals surface area (Å²) in [7, 11) is 0. The third-order valence-electron chi connectivity index (χ3n) is 4.01. The summed E-state index contributed by atoms with van der Waals surface area (Å²) < 4.78 is 6.36. The van der Waals surface area contributed by atoms with Crippen molar-refractivity contribution in [2.75, 3.05) is 11.9 Å². The maximum absolute atomic E-state index is 12.4. The summed E-state index contributed by atoms with van der Waals surface area (Å²) in [6.45, 7) is 4.32. The number of aryl methyl sites for hydroxylation is 1. The number of hydrogen-bond acceptors (Lipinski definition) is 5. The van der Waals surface area contributed by atoms with Crippen LogP contribution in [0.5, 0.6) is 0 Å². The average molecular weight is 354 g/mol. The van der Waals surface area contributed by atoms with Crippen molar-refractivity contribution in [1.29, 1.82) is 0 Å². The number of fused-ring (bicyclic) bond motifs is 1. The van der Waals surface area contributed by atoms with Crippen LogP contribution in [0.1, 0.15) is 25.0 Å². The molecular formula is C20H22N2O2S. The van der Waals surface area contributed by atoms with E-state index < -0.39 is 6.04 Å². The van der Waals surface area contributed by atoms with Crippen molar-refractivity contribution in [2.45, 2.75) is 32.7 Å². The van der Waals surface area contributed by atoms with E-state index in [1.54, 1.807) is 11.3 Å². The third kappa shape index (κ3) is 4.37. The Balaban J connectivity index is 1.82. The number of benzene rings is 2. The van der Waals surface area contributed by atoms with Crippen molar-refractivity contribution in [3.8, 4) is 0 Å². The van der Waals surface area contributed by atoms with Crippen LogP contribution in [-0.4, -0.2) is 23.6 Å². The first kappa shape index (κ1) is 17.4. The molecule has 5 heteroatoms. The second-order valence-corrected chi connectivity index (χ2v) is 6.84. The van der Waals surface area contributed by atoms with Gasteiger partial charge in [-0.05, 0) is 36.6 Å². The van der Waals surface area contributed by atoms with Crippen LogP contribution in [0.15, 0.2) is 48.5 Å². The standard InChI is InChI=1S/C20H22N2O2S/c1-3-14-10-11-16-18(13-14)25-20(21-16)22-17(19(23)24-4-2)12-15-8-6-5-7-9-15/h5-11,13,17H,3-4,12H2,1-2H3,(H,21,22)/t17-/m0/s1. The molecular weight excluding hydrogens is 332 g/mol. The maximum Gasteiger partial charge on any atom is 0.328 e. The molecule has 0 amide bonds. The van der Waals surface area contributed by atoms with Crippen LogP contribution in [0.4, 0.5) is 5.13 Å². The predicted molar refractivity (Wildman–Crippen MR) is 103 cm³/mol. The summed E-state index contributed by atoms with van der Waals surface area (Å²) in [6.07, 6.45) is 1.56. The van der Waals surface area contributed by atoms with Crippen molar-refractivity contribution in [1.82, 2.24) is 4.98 Å². The van der Waals surface area contributed by atoms with E-state index in [0.717, 1.165) is 27.3 Å². The first-order valence-electron chi connectivity index (χ1n) is 8.56. The summed E-state index contributed by atoms with van der Waals surface area (Å²) >= 11 is 1.57. The number of rotatable bonds is 7. The molecule has 25 heavy (non-hydrogen) atoms. The summed E-state index contributed by atoms with van der Waals surface area (Å²) in [4.78, 5) is 17.0. The third-order valence-corrected chi connectivity index (χ3v) is 4.96. The molecule has 0 saturated heterocycles. The Morgan fingerprint density at radius 3 is 2.68 bits per heavy atom. The lowest BCUT2D eigenvalue weighted by atomic mass is 10.1. The van der Waals surface area contributed by atoms with Gasteiger partial charge in [0.25, 0.3) is 0 Å². The molecule has 0 aliphatic rings. The Hall–Kier alpha value is -2.40. The number of esters is 1. The van der Waals surface area contributed by atoms with Crippen LogP contribution in [0.25, 0.3) is 10.2 Å². The SMILES string of the molecule is CCOC(=O)[C@H](Cc1ccccc1)Nc1nc2ccc(CC)cc2s1. The minimum atomic E-state index is -0.450. The zero-order chi connectivity index (χ0) is 17.6. The number of carbonyl (C=O) groups is 1. The summed E-state index contributed by atoms with van der Waals surface area (Å²) in [6, 6.07) is 15.8. The second kappa shape index (κ2) is 8.12. The van der Waals surface area contributed by atoms with E-state index in [9.17, 15) is 4.79 Å². The van der Waals surface area contributed by atoms with Crippen molar-refractivity contribution in [2.24, 2.45) is 0 Å². The fourth-order valence-electron chi connectivity index (χ4n) is 2.69. The molecule has 0 fully saturated rings. The van der Waals surface area contributed by atoms with Crippen molar-refractivity contribution < 1.29 is 9.53 Å². The van der Waals surface area contributed by atoms with Gasteiger partial charge < -0.3 is 10.1 Å². The number of nitrogens with zero attached hydrogens (tertiary/aromatic N) is 1. The van der Waals surface area contributed by atoms with Gasteiger partial charge in [-0.3, -0.25) is 0 Å². The number of ether oxygens (including phenoxy) is 1. The van der Waals surface area contributed by atoms with E-state index in [2.05, 4.69) is 29.4 Å². The largest absolute Gasteiger partial charge is 0.464 e. The van der Waals surface area contributed by atoms with Crippen molar-refractivity contribution in [3.05, 3.63) is 59.7 Å². The Morgan fingerprint density at radius 2 is 1.96 bits per heavy atom. The summed E-state index contributed by atoms with van der Waals surface area (Å²) in [5.41, 5.74) is 3.32. The van der Waals surface area contributed by atoms with Crippen LogP contribution >= 0.6 is 11.3 Å². The normalized spacial score (nSPS) is 12.1. The minimum absolute atomic E-state index is 0.250. The highest BCUT2D eigenvalue weighted by atomic mass is 32.1. The van der Waals surface area contributed by atoms with E-state index in [0.29, 0.717) is 13.0 Å². The monoisotopic (exact) mass is 354 g/mol. The number of anilines is 1. The molecule has 1 heterocycles. The van der Waals surface area contributed by atoms with E-state index in [1.807, 2.05) is 43.3 Å². The molecule has 130 valence electrons. The zero-order valence-electron chi connectivity index (χ0n) is 14.5. The lowest BCUT2D eigenvalue weighted by molar-refractivity contribution is -0.144. The topological polar surface area (TPSA) is 51.2 Å². The van der Waals surface area contributed by atoms with Crippen molar-refractivity contribution >= 4 is 32.7 Å². The fourth-order valence-corrected chi connectivity index (χ4v) is 3.67. The van der Waals surface area contributed by atoms with Gasteiger partial charge in [-0.25, -0.2) is 9.78 Å². The molecule has 3 rings (SSSR count). The molecule has 0 saturated carbocycles. The first-order chi connectivity index (χ1) is 12.2. The molecule has 2 aromatic carbocycles. The molecule has 3 aromatic rings. The van der Waals surface area contributed by atoms with E-state index >= 15 is 0 Å². The molecule has 0 aliphatic heterocycles. The predicted octanol–water partition coefficient (Wildman–Crippen LogP) is 4.45. The minimum Gasteiger partial charge on any atom is -0.464 e. The van der Waals surface area contributed by atoms with Crippen LogP contribution in [0, 0.1) is 0 Å². The average Bonchev–Trinajstić information content (AvgIpc) is 3.03. The Labute approximate surface area is 151 Å². The highest BCUT2D eigenvalue weighted by Crippen LogP contribution is 2.28. The smallest absolute Gasteiger partial charge is 0.328 e. The second-order valence-electron chi connectivity index (χ2n) is 5.81. The first-order valence-corrected chi connectivity index (χ1v) is 9.37. The summed E-state index contributed by atoms with van der Waals surface area (Å²) in [5.74, 6) is -0.250. The van der Waals surface area contributed by atoms with Crippen LogP contribution < -0.4 is 5.32 Å². The number of thiazole rings is 1. The van der Waals surface area contributed by atoms with Crippen LogP contribution in [0.2, 0.25) is 0 Å². The zero-order valence-corrected chi connectivity index (χ0v) is 15.3. The quantitative estimate of drug-likeness (QED) is 0.637. The number of carbonyl (C=O) groups excluding carboxylic acids is 1. The van der Waals surface area contributed by atoms with Gasteiger partial charge in [0.2, 0.25) is 0 Å². The van der Waals surface area contributed by atoms with Crippen molar-refractivity contribution in [3.63, 3.8) is 0 Å². The molecule has 1 atom stereocenters. The Morgan fingerprint density at radius 1 is 1.16 bits per heavy atom. The van der Waals surface area contributed by atoms with E-state index in [-0.39, 0.29) is 5.97 Å². The highest BCUT2D eigenvalue weighted by Gasteiger charge is 2.21. The lowest BCUT2D eigenvalue weighted by Crippen LogP contribution is -2.33. The van der Waals surface area contributed by atoms with E-state index in [1.165, 1.54) is 5.56 Å². The molecule has 0 spiro atoms. The van der Waals surface area contributed by atoms with Gasteiger partial charge in [0.15, 0.2) is 5.13 Å². The van der Waals surface area contributed by atoms with Gasteiger partial charge in [0.1, 0.15) is 6.04 Å². The molecule has 0 radical (unpaired) electrons. The molecule has 4 nitrogen and oxygen atoms in total.